The Labute approximate surface area is 96.5 Å². The zero-order valence-corrected chi connectivity index (χ0v) is 11.0. The summed E-state index contributed by atoms with van der Waals surface area (Å²) in [4.78, 5) is 0. The molecule has 0 saturated heterocycles. The fourth-order valence-corrected chi connectivity index (χ4v) is 3.14. The Hall–Kier alpha value is 0.0300. The van der Waals surface area contributed by atoms with E-state index in [9.17, 15) is 4.57 Å². The van der Waals surface area contributed by atoms with E-state index >= 15 is 0 Å². The first-order valence-corrected chi connectivity index (χ1v) is 7.16. The van der Waals surface area contributed by atoms with E-state index in [4.69, 9.17) is 24.8 Å². The van der Waals surface area contributed by atoms with Crippen molar-refractivity contribution in [1.82, 2.24) is 0 Å². The molecule has 98 valence electrons. The van der Waals surface area contributed by atoms with Crippen LogP contribution in [0.25, 0.3) is 0 Å². The molecule has 0 aromatic heterocycles. The van der Waals surface area contributed by atoms with Gasteiger partial charge in [-0.1, -0.05) is 0 Å². The van der Waals surface area contributed by atoms with E-state index in [1.165, 1.54) is 0 Å². The largest absolute Gasteiger partial charge is 0.394 e. The number of nitrogens with two attached hydrogens (primary N) is 1. The lowest BCUT2D eigenvalue weighted by Crippen LogP contribution is -2.33. The molecule has 16 heavy (non-hydrogen) atoms. The van der Waals surface area contributed by atoms with E-state index < -0.39 is 25.8 Å². The standard InChI is InChI=1S/C9H22NO5P/c1-4-13-9(14-5-2)16(12,15-6-3)8(10)7-11/h8-9,11H,4-7,10H2,1-3H3/t8-,16?/m0/s1. The van der Waals surface area contributed by atoms with Crippen LogP contribution in [0.5, 0.6) is 0 Å². The van der Waals surface area contributed by atoms with Crippen LogP contribution in [0.15, 0.2) is 0 Å². The number of ether oxygens (including phenoxy) is 2. The van der Waals surface area contributed by atoms with Crippen molar-refractivity contribution in [3.05, 3.63) is 0 Å². The van der Waals surface area contributed by atoms with Crippen molar-refractivity contribution in [2.45, 2.75) is 32.6 Å². The van der Waals surface area contributed by atoms with Gasteiger partial charge in [-0.2, -0.15) is 0 Å². The van der Waals surface area contributed by atoms with Gasteiger partial charge < -0.3 is 24.8 Å². The van der Waals surface area contributed by atoms with Gasteiger partial charge in [-0.3, -0.25) is 4.57 Å². The summed E-state index contributed by atoms with van der Waals surface area (Å²) in [5.41, 5.74) is 5.60. The average molecular weight is 255 g/mol. The molecule has 0 aromatic rings. The molecule has 0 aliphatic rings. The van der Waals surface area contributed by atoms with E-state index in [1.807, 2.05) is 0 Å². The van der Waals surface area contributed by atoms with E-state index in [0.29, 0.717) is 13.2 Å². The van der Waals surface area contributed by atoms with Crippen LogP contribution >= 0.6 is 7.37 Å². The number of aliphatic hydroxyl groups excluding tert-OH is 1. The van der Waals surface area contributed by atoms with Gasteiger partial charge in [-0.05, 0) is 20.8 Å². The zero-order valence-electron chi connectivity index (χ0n) is 10.1. The van der Waals surface area contributed by atoms with Crippen LogP contribution in [0.2, 0.25) is 0 Å². The molecule has 0 bridgehead atoms. The van der Waals surface area contributed by atoms with Crippen molar-refractivity contribution >= 4 is 7.37 Å². The van der Waals surface area contributed by atoms with Gasteiger partial charge in [0.05, 0.1) is 13.2 Å². The van der Waals surface area contributed by atoms with Crippen LogP contribution in [0, 0.1) is 0 Å². The Morgan fingerprint density at radius 1 is 1.19 bits per heavy atom. The normalized spacial score (nSPS) is 17.4. The van der Waals surface area contributed by atoms with E-state index in [1.54, 1.807) is 20.8 Å². The third-order valence-electron chi connectivity index (χ3n) is 1.89. The van der Waals surface area contributed by atoms with Crippen LogP contribution in [-0.2, 0) is 18.6 Å². The minimum absolute atomic E-state index is 0.224. The van der Waals surface area contributed by atoms with Crippen molar-refractivity contribution in [3.8, 4) is 0 Å². The highest BCUT2D eigenvalue weighted by molar-refractivity contribution is 7.60. The Kier molecular flexibility index (Phi) is 8.18. The lowest BCUT2D eigenvalue weighted by Gasteiger charge is -2.29. The molecule has 2 atom stereocenters. The van der Waals surface area contributed by atoms with Crippen LogP contribution in [0.1, 0.15) is 20.8 Å². The van der Waals surface area contributed by atoms with Crippen LogP contribution in [0.4, 0.5) is 0 Å². The second-order valence-corrected chi connectivity index (χ2v) is 5.66. The number of rotatable bonds is 9. The summed E-state index contributed by atoms with van der Waals surface area (Å²) in [7, 11) is -3.37. The second kappa shape index (κ2) is 8.17. The monoisotopic (exact) mass is 255 g/mol. The number of hydrogen-bond acceptors (Lipinski definition) is 6. The molecule has 6 nitrogen and oxygen atoms in total. The van der Waals surface area contributed by atoms with Crippen molar-refractivity contribution in [2.75, 3.05) is 26.4 Å². The summed E-state index contributed by atoms with van der Waals surface area (Å²) in [5, 5.41) is 8.99. The molecular formula is C9H22NO5P. The van der Waals surface area contributed by atoms with Crippen molar-refractivity contribution in [1.29, 1.82) is 0 Å². The summed E-state index contributed by atoms with van der Waals surface area (Å²) in [6, 6.07) is -1.01. The van der Waals surface area contributed by atoms with E-state index in [-0.39, 0.29) is 6.61 Å². The summed E-state index contributed by atoms with van der Waals surface area (Å²) in [6.45, 7) is 5.67. The average Bonchev–Trinajstić information content (AvgIpc) is 2.27. The molecule has 3 N–H and O–H groups in total. The molecule has 0 spiro atoms. The highest BCUT2D eigenvalue weighted by Crippen LogP contribution is 2.55. The molecule has 1 unspecified atom stereocenters. The molecule has 0 aromatic carbocycles. The molecule has 0 amide bonds. The minimum Gasteiger partial charge on any atom is -0.394 e. The topological polar surface area (TPSA) is 91.0 Å². The van der Waals surface area contributed by atoms with Gasteiger partial charge in [0, 0.05) is 13.2 Å². The van der Waals surface area contributed by atoms with Gasteiger partial charge in [-0.25, -0.2) is 0 Å². The lowest BCUT2D eigenvalue weighted by molar-refractivity contribution is -0.0900. The maximum atomic E-state index is 12.5. The molecule has 0 fully saturated rings. The van der Waals surface area contributed by atoms with Crippen molar-refractivity contribution < 1.29 is 23.7 Å². The van der Waals surface area contributed by atoms with Gasteiger partial charge in [0.2, 0.25) is 6.03 Å². The Bertz CT molecular complexity index is 220. The first-order valence-electron chi connectivity index (χ1n) is 5.40. The molecule has 0 saturated carbocycles. The molecule has 0 aliphatic heterocycles. The summed E-state index contributed by atoms with van der Waals surface area (Å²) in [5.74, 6) is -0.990. The van der Waals surface area contributed by atoms with E-state index in [0.717, 1.165) is 0 Å². The first-order chi connectivity index (χ1) is 7.56. The predicted molar refractivity (Wildman–Crippen MR) is 61.3 cm³/mol. The van der Waals surface area contributed by atoms with Crippen molar-refractivity contribution in [3.63, 3.8) is 0 Å². The quantitative estimate of drug-likeness (QED) is 0.470. The van der Waals surface area contributed by atoms with Crippen LogP contribution < -0.4 is 5.73 Å². The Morgan fingerprint density at radius 3 is 2.00 bits per heavy atom. The molecule has 7 heteroatoms. The maximum Gasteiger partial charge on any atom is 0.276 e. The summed E-state index contributed by atoms with van der Waals surface area (Å²) < 4.78 is 28.1. The second-order valence-electron chi connectivity index (χ2n) is 3.03. The molecular weight excluding hydrogens is 233 g/mol. The molecule has 0 radical (unpaired) electrons. The highest BCUT2D eigenvalue weighted by atomic mass is 31.2. The fourth-order valence-electron chi connectivity index (χ4n) is 1.17. The minimum atomic E-state index is -3.37. The first kappa shape index (κ1) is 16.0. The van der Waals surface area contributed by atoms with Crippen LogP contribution in [0.3, 0.4) is 0 Å². The van der Waals surface area contributed by atoms with Gasteiger partial charge >= 0.3 is 0 Å². The zero-order chi connectivity index (χ0) is 12.6. The molecule has 0 rings (SSSR count). The maximum absolute atomic E-state index is 12.5. The third-order valence-corrected chi connectivity index (χ3v) is 4.53. The molecule has 0 aliphatic carbocycles. The van der Waals surface area contributed by atoms with Crippen molar-refractivity contribution in [2.24, 2.45) is 5.73 Å². The fraction of sp³-hybridized carbons (Fsp3) is 1.00. The number of hydrogen-bond donors (Lipinski definition) is 2. The van der Waals surface area contributed by atoms with Gasteiger partial charge in [0.25, 0.3) is 7.37 Å². The highest BCUT2D eigenvalue weighted by Gasteiger charge is 2.41. The number of aliphatic hydroxyl groups is 1. The summed E-state index contributed by atoms with van der Waals surface area (Å²) >= 11 is 0. The lowest BCUT2D eigenvalue weighted by atomic mass is 10.7. The molecule has 0 heterocycles. The van der Waals surface area contributed by atoms with E-state index in [2.05, 4.69) is 0 Å². The Balaban J connectivity index is 4.87. The smallest absolute Gasteiger partial charge is 0.276 e. The summed E-state index contributed by atoms with van der Waals surface area (Å²) in [6.07, 6.45) is 0. The third kappa shape index (κ3) is 4.13. The Morgan fingerprint density at radius 2 is 1.69 bits per heavy atom. The van der Waals surface area contributed by atoms with Gasteiger partial charge in [0.15, 0.2) is 0 Å². The van der Waals surface area contributed by atoms with Crippen LogP contribution in [-0.4, -0.2) is 43.3 Å². The SMILES string of the molecule is CCOC(OCC)P(=O)(OCC)[C@H](N)CO. The van der Waals surface area contributed by atoms with Gasteiger partial charge in [0.1, 0.15) is 5.78 Å². The van der Waals surface area contributed by atoms with Gasteiger partial charge in [-0.15, -0.1) is 0 Å². The predicted octanol–water partition coefficient (Wildman–Crippen LogP) is 0.935.